The normalized spacial score (nSPS) is 11.0. The lowest BCUT2D eigenvalue weighted by atomic mass is 10.3. The zero-order valence-corrected chi connectivity index (χ0v) is 21.3. The van der Waals surface area contributed by atoms with Gasteiger partial charge in [0.1, 0.15) is 5.75 Å². The molecule has 0 aliphatic carbocycles. The summed E-state index contributed by atoms with van der Waals surface area (Å²) in [6, 6.07) is 16.4. The average Bonchev–Trinajstić information content (AvgIpc) is 2.83. The monoisotopic (exact) mass is 556 g/mol. The van der Waals surface area contributed by atoms with Crippen LogP contribution in [0.1, 0.15) is 0 Å². The number of hydrogen-bond donors (Lipinski definition) is 1. The SMILES string of the molecule is CN(c1ccc(OCC(=O)OCC(=O)Nc2ccc(Cl)cc2Cl)cc1)S(=O)(=O)c1ccc(Cl)cc1. The van der Waals surface area contributed by atoms with Crippen LogP contribution in [0.25, 0.3) is 0 Å². The molecule has 0 saturated carbocycles. The maximum absolute atomic E-state index is 12.8. The number of hydrogen-bond acceptors (Lipinski definition) is 6. The van der Waals surface area contributed by atoms with Crippen LogP contribution in [0.4, 0.5) is 11.4 Å². The Balaban J connectivity index is 1.49. The van der Waals surface area contributed by atoms with Crippen molar-refractivity contribution in [2.75, 3.05) is 29.9 Å². The lowest BCUT2D eigenvalue weighted by molar-refractivity contribution is -0.149. The first-order chi connectivity index (χ1) is 16.6. The van der Waals surface area contributed by atoms with Crippen LogP contribution in [0.5, 0.6) is 5.75 Å². The highest BCUT2D eigenvalue weighted by molar-refractivity contribution is 7.92. The summed E-state index contributed by atoms with van der Waals surface area (Å²) in [5.41, 5.74) is 0.712. The molecule has 3 aromatic carbocycles. The number of rotatable bonds is 9. The highest BCUT2D eigenvalue weighted by Gasteiger charge is 2.21. The quantitative estimate of drug-likeness (QED) is 0.370. The maximum atomic E-state index is 12.8. The topological polar surface area (TPSA) is 102 Å². The Labute approximate surface area is 217 Å². The zero-order valence-electron chi connectivity index (χ0n) is 18.2. The molecule has 0 bridgehead atoms. The van der Waals surface area contributed by atoms with Crippen LogP contribution in [-0.2, 0) is 24.3 Å². The van der Waals surface area contributed by atoms with E-state index in [2.05, 4.69) is 5.32 Å². The molecule has 0 spiro atoms. The molecule has 0 radical (unpaired) electrons. The number of halogens is 3. The van der Waals surface area contributed by atoms with E-state index in [0.29, 0.717) is 27.2 Å². The summed E-state index contributed by atoms with van der Waals surface area (Å²) in [6.45, 7) is -0.985. The first kappa shape index (κ1) is 26.6. The number of benzene rings is 3. The highest BCUT2D eigenvalue weighted by Crippen LogP contribution is 2.26. The van der Waals surface area contributed by atoms with Crippen molar-refractivity contribution in [2.24, 2.45) is 0 Å². The van der Waals surface area contributed by atoms with Gasteiger partial charge in [0.25, 0.3) is 15.9 Å². The fourth-order valence-corrected chi connectivity index (χ4v) is 4.54. The van der Waals surface area contributed by atoms with Gasteiger partial charge in [0.15, 0.2) is 13.2 Å². The van der Waals surface area contributed by atoms with E-state index in [9.17, 15) is 18.0 Å². The molecule has 184 valence electrons. The number of ether oxygens (including phenoxy) is 2. The third-order valence-electron chi connectivity index (χ3n) is 4.60. The molecule has 3 aromatic rings. The van der Waals surface area contributed by atoms with Crippen LogP contribution in [0, 0.1) is 0 Å². The summed E-state index contributed by atoms with van der Waals surface area (Å²) >= 11 is 17.6. The zero-order chi connectivity index (χ0) is 25.6. The van der Waals surface area contributed by atoms with Gasteiger partial charge in [0.05, 0.1) is 21.3 Å². The van der Waals surface area contributed by atoms with Crippen LogP contribution < -0.4 is 14.4 Å². The minimum absolute atomic E-state index is 0.0924. The number of nitrogens with zero attached hydrogens (tertiary/aromatic N) is 1. The van der Waals surface area contributed by atoms with Crippen LogP contribution in [0.3, 0.4) is 0 Å². The van der Waals surface area contributed by atoms with Crippen molar-refractivity contribution in [3.05, 3.63) is 81.8 Å². The van der Waals surface area contributed by atoms with Crippen molar-refractivity contribution in [1.29, 1.82) is 0 Å². The summed E-state index contributed by atoms with van der Waals surface area (Å²) in [7, 11) is -2.37. The number of sulfonamides is 1. The molecule has 3 rings (SSSR count). The van der Waals surface area contributed by atoms with Crippen molar-refractivity contribution < 1.29 is 27.5 Å². The standard InChI is InChI=1S/C23H19Cl3N2O6S/c1-28(35(31,32)19-9-2-15(24)3-10-19)17-5-7-18(8-6-17)33-14-23(30)34-13-22(29)27-21-11-4-16(25)12-20(21)26/h2-12H,13-14H2,1H3,(H,27,29). The second-order valence-corrected chi connectivity index (χ2v) is 10.3. The van der Waals surface area contributed by atoms with Gasteiger partial charge < -0.3 is 14.8 Å². The molecule has 8 nitrogen and oxygen atoms in total. The van der Waals surface area contributed by atoms with E-state index in [1.54, 1.807) is 6.07 Å². The predicted octanol–water partition coefficient (Wildman–Crippen LogP) is 5.03. The molecule has 0 saturated heterocycles. The molecule has 12 heteroatoms. The Morgan fingerprint density at radius 3 is 2.14 bits per heavy atom. The minimum Gasteiger partial charge on any atom is -0.482 e. The molecule has 0 aliphatic rings. The van der Waals surface area contributed by atoms with E-state index < -0.39 is 35.1 Å². The van der Waals surface area contributed by atoms with Crippen molar-refractivity contribution in [2.45, 2.75) is 4.90 Å². The van der Waals surface area contributed by atoms with Gasteiger partial charge in [-0.2, -0.15) is 0 Å². The molecule has 0 atom stereocenters. The maximum Gasteiger partial charge on any atom is 0.344 e. The van der Waals surface area contributed by atoms with Crippen molar-refractivity contribution >= 4 is 68.1 Å². The Morgan fingerprint density at radius 1 is 0.886 bits per heavy atom. The molecule has 0 fully saturated rings. The number of anilines is 2. The van der Waals surface area contributed by atoms with Gasteiger partial charge in [-0.25, -0.2) is 13.2 Å². The van der Waals surface area contributed by atoms with Crippen LogP contribution in [0.2, 0.25) is 15.1 Å². The Hall–Kier alpha value is -2.98. The number of amides is 1. The molecule has 1 N–H and O–H groups in total. The van der Waals surface area contributed by atoms with Crippen molar-refractivity contribution in [3.8, 4) is 5.75 Å². The molecule has 0 aliphatic heterocycles. The van der Waals surface area contributed by atoms with E-state index in [-0.39, 0.29) is 9.92 Å². The average molecular weight is 558 g/mol. The van der Waals surface area contributed by atoms with Crippen LogP contribution in [0.15, 0.2) is 71.6 Å². The first-order valence-electron chi connectivity index (χ1n) is 9.94. The van der Waals surface area contributed by atoms with Gasteiger partial charge in [-0.15, -0.1) is 0 Å². The Bertz CT molecular complexity index is 1320. The Kier molecular flexibility index (Phi) is 8.85. The van der Waals surface area contributed by atoms with Crippen LogP contribution in [-0.4, -0.2) is 40.6 Å². The van der Waals surface area contributed by atoms with Crippen molar-refractivity contribution in [3.63, 3.8) is 0 Å². The molecular weight excluding hydrogens is 539 g/mol. The lowest BCUT2D eigenvalue weighted by Crippen LogP contribution is -2.26. The van der Waals surface area contributed by atoms with E-state index in [1.165, 1.54) is 67.7 Å². The second-order valence-electron chi connectivity index (χ2n) is 7.04. The molecule has 0 unspecified atom stereocenters. The fraction of sp³-hybridized carbons (Fsp3) is 0.130. The van der Waals surface area contributed by atoms with E-state index in [1.807, 2.05) is 0 Å². The van der Waals surface area contributed by atoms with Gasteiger partial charge in [-0.3, -0.25) is 9.10 Å². The predicted molar refractivity (Wildman–Crippen MR) is 135 cm³/mol. The van der Waals surface area contributed by atoms with Crippen LogP contribution >= 0.6 is 34.8 Å². The summed E-state index contributed by atoms with van der Waals surface area (Å²) < 4.78 is 36.9. The smallest absolute Gasteiger partial charge is 0.344 e. The van der Waals surface area contributed by atoms with E-state index in [4.69, 9.17) is 44.3 Å². The number of nitrogens with one attached hydrogen (secondary N) is 1. The lowest BCUT2D eigenvalue weighted by Gasteiger charge is -2.20. The van der Waals surface area contributed by atoms with Gasteiger partial charge in [0, 0.05) is 17.1 Å². The number of esters is 1. The third-order valence-corrected chi connectivity index (χ3v) is 7.20. The van der Waals surface area contributed by atoms with Gasteiger partial charge in [-0.05, 0) is 66.7 Å². The van der Waals surface area contributed by atoms with E-state index >= 15 is 0 Å². The minimum atomic E-state index is -3.78. The van der Waals surface area contributed by atoms with E-state index in [0.717, 1.165) is 4.31 Å². The Morgan fingerprint density at radius 2 is 1.51 bits per heavy atom. The number of carbonyl (C=O) groups is 2. The molecule has 0 heterocycles. The highest BCUT2D eigenvalue weighted by atomic mass is 35.5. The summed E-state index contributed by atoms with van der Waals surface area (Å²) in [6.07, 6.45) is 0. The summed E-state index contributed by atoms with van der Waals surface area (Å²) in [5.74, 6) is -1.05. The number of carbonyl (C=O) groups excluding carboxylic acids is 2. The molecule has 35 heavy (non-hydrogen) atoms. The van der Waals surface area contributed by atoms with Gasteiger partial charge in [0.2, 0.25) is 0 Å². The van der Waals surface area contributed by atoms with Gasteiger partial charge in [-0.1, -0.05) is 34.8 Å². The molecular formula is C23H19Cl3N2O6S. The first-order valence-corrected chi connectivity index (χ1v) is 12.5. The largest absolute Gasteiger partial charge is 0.482 e. The molecule has 1 amide bonds. The summed E-state index contributed by atoms with van der Waals surface area (Å²) in [4.78, 5) is 23.9. The van der Waals surface area contributed by atoms with Crippen molar-refractivity contribution in [1.82, 2.24) is 0 Å². The molecule has 0 aromatic heterocycles. The third kappa shape index (κ3) is 7.25. The fourth-order valence-electron chi connectivity index (χ4n) is 2.76. The second kappa shape index (κ2) is 11.6. The summed E-state index contributed by atoms with van der Waals surface area (Å²) in [5, 5.41) is 3.59. The van der Waals surface area contributed by atoms with Gasteiger partial charge >= 0.3 is 5.97 Å².